The van der Waals surface area contributed by atoms with Gasteiger partial charge in [-0.2, -0.15) is 0 Å². The van der Waals surface area contributed by atoms with Crippen LogP contribution in [0.15, 0.2) is 18.2 Å². The van der Waals surface area contributed by atoms with Gasteiger partial charge in [-0.25, -0.2) is 8.78 Å². The zero-order valence-corrected chi connectivity index (χ0v) is 10.3. The van der Waals surface area contributed by atoms with Crippen LogP contribution in [0.4, 0.5) is 8.78 Å². The first-order chi connectivity index (χ1) is 7.94. The molecule has 17 heavy (non-hydrogen) atoms. The molecule has 0 saturated heterocycles. The molecule has 0 heterocycles. The number of aliphatic hydroxyl groups is 1. The number of aliphatic hydroxyl groups excluding tert-OH is 1. The lowest BCUT2D eigenvalue weighted by Crippen LogP contribution is -2.35. The smallest absolute Gasteiger partial charge is 0.159 e. The van der Waals surface area contributed by atoms with Crippen LogP contribution in [0.3, 0.4) is 0 Å². The summed E-state index contributed by atoms with van der Waals surface area (Å²) in [5.41, 5.74) is -0.472. The van der Waals surface area contributed by atoms with Crippen LogP contribution in [0, 0.1) is 11.6 Å². The second-order valence-electron chi connectivity index (χ2n) is 4.18. The van der Waals surface area contributed by atoms with E-state index in [1.165, 1.54) is 6.07 Å². The second kappa shape index (κ2) is 5.56. The molecule has 0 aliphatic rings. The summed E-state index contributed by atoms with van der Waals surface area (Å²) in [7, 11) is 0. The molecular weight excluding hydrogens is 226 g/mol. The minimum Gasteiger partial charge on any atom is -0.385 e. The molecule has 0 amide bonds. The average Bonchev–Trinajstić information content (AvgIpc) is 2.32. The van der Waals surface area contributed by atoms with E-state index in [1.807, 2.05) is 13.8 Å². The van der Waals surface area contributed by atoms with Crippen molar-refractivity contribution in [3.8, 4) is 0 Å². The van der Waals surface area contributed by atoms with E-state index in [-0.39, 0.29) is 0 Å². The maximum atomic E-state index is 13.1. The van der Waals surface area contributed by atoms with E-state index in [1.54, 1.807) is 6.92 Å². The van der Waals surface area contributed by atoms with Crippen molar-refractivity contribution in [1.82, 2.24) is 0 Å². The SMILES string of the molecule is CCOC(C)(CC)C(O)c1ccc(F)c(F)c1. The highest BCUT2D eigenvalue weighted by Crippen LogP contribution is 2.32. The minimum absolute atomic E-state index is 0.321. The second-order valence-corrected chi connectivity index (χ2v) is 4.18. The van der Waals surface area contributed by atoms with Gasteiger partial charge >= 0.3 is 0 Å². The third-order valence-corrected chi connectivity index (χ3v) is 3.01. The van der Waals surface area contributed by atoms with Crippen LogP contribution in [-0.4, -0.2) is 17.3 Å². The van der Waals surface area contributed by atoms with E-state index in [0.29, 0.717) is 18.6 Å². The van der Waals surface area contributed by atoms with Crippen LogP contribution in [0.1, 0.15) is 38.9 Å². The van der Waals surface area contributed by atoms with Crippen molar-refractivity contribution < 1.29 is 18.6 Å². The minimum atomic E-state index is -0.984. The van der Waals surface area contributed by atoms with Crippen LogP contribution in [-0.2, 0) is 4.74 Å². The fraction of sp³-hybridized carbons (Fsp3) is 0.538. The van der Waals surface area contributed by atoms with E-state index in [2.05, 4.69) is 0 Å². The highest BCUT2D eigenvalue weighted by Gasteiger charge is 2.33. The van der Waals surface area contributed by atoms with Gasteiger partial charge in [0.2, 0.25) is 0 Å². The Bertz CT molecular complexity index is 382. The predicted molar refractivity (Wildman–Crippen MR) is 61.6 cm³/mol. The zero-order valence-electron chi connectivity index (χ0n) is 10.3. The Morgan fingerprint density at radius 1 is 1.29 bits per heavy atom. The maximum absolute atomic E-state index is 13.1. The van der Waals surface area contributed by atoms with Crippen LogP contribution in [0.25, 0.3) is 0 Å². The molecule has 2 unspecified atom stereocenters. The predicted octanol–water partition coefficient (Wildman–Crippen LogP) is 3.20. The standard InChI is InChI=1S/C13H18F2O2/c1-4-13(3,17-5-2)12(16)9-6-7-10(14)11(15)8-9/h6-8,12,16H,4-5H2,1-3H3. The van der Waals surface area contributed by atoms with Gasteiger partial charge in [0.25, 0.3) is 0 Å². The highest BCUT2D eigenvalue weighted by atomic mass is 19.2. The van der Waals surface area contributed by atoms with E-state index in [9.17, 15) is 13.9 Å². The molecule has 0 aliphatic carbocycles. The van der Waals surface area contributed by atoms with Gasteiger partial charge in [0, 0.05) is 6.61 Å². The molecule has 1 aromatic rings. The Kier molecular flexibility index (Phi) is 4.60. The van der Waals surface area contributed by atoms with Gasteiger partial charge in [-0.3, -0.25) is 0 Å². The first kappa shape index (κ1) is 14.1. The normalized spacial score (nSPS) is 16.6. The quantitative estimate of drug-likeness (QED) is 0.861. The van der Waals surface area contributed by atoms with Crippen molar-refractivity contribution in [2.75, 3.05) is 6.61 Å². The van der Waals surface area contributed by atoms with Crippen molar-refractivity contribution in [3.63, 3.8) is 0 Å². The van der Waals surface area contributed by atoms with Gasteiger partial charge in [0.05, 0.1) is 5.60 Å². The molecule has 1 N–H and O–H groups in total. The van der Waals surface area contributed by atoms with Crippen LogP contribution in [0.5, 0.6) is 0 Å². The summed E-state index contributed by atoms with van der Waals surface area (Å²) >= 11 is 0. The largest absolute Gasteiger partial charge is 0.385 e. The summed E-state index contributed by atoms with van der Waals surface area (Å²) < 4.78 is 31.4. The Labute approximate surface area is 100 Å². The lowest BCUT2D eigenvalue weighted by Gasteiger charge is -2.33. The topological polar surface area (TPSA) is 29.5 Å². The van der Waals surface area contributed by atoms with Gasteiger partial charge in [-0.05, 0) is 38.0 Å². The van der Waals surface area contributed by atoms with Crippen molar-refractivity contribution >= 4 is 0 Å². The third-order valence-electron chi connectivity index (χ3n) is 3.01. The molecule has 0 saturated carbocycles. The van der Waals surface area contributed by atoms with Gasteiger partial charge in [-0.15, -0.1) is 0 Å². The number of rotatable bonds is 5. The van der Waals surface area contributed by atoms with Gasteiger partial charge in [0.1, 0.15) is 6.10 Å². The maximum Gasteiger partial charge on any atom is 0.159 e. The Morgan fingerprint density at radius 2 is 1.94 bits per heavy atom. The first-order valence-corrected chi connectivity index (χ1v) is 5.71. The molecule has 0 radical (unpaired) electrons. The molecule has 96 valence electrons. The monoisotopic (exact) mass is 244 g/mol. The van der Waals surface area contributed by atoms with E-state index in [4.69, 9.17) is 4.74 Å². The fourth-order valence-corrected chi connectivity index (χ4v) is 1.74. The molecule has 0 spiro atoms. The van der Waals surface area contributed by atoms with Crippen LogP contribution >= 0.6 is 0 Å². The molecule has 0 aliphatic heterocycles. The Balaban J connectivity index is 3.01. The van der Waals surface area contributed by atoms with Crippen LogP contribution < -0.4 is 0 Å². The molecule has 2 atom stereocenters. The summed E-state index contributed by atoms with van der Waals surface area (Å²) in [6.07, 6.45) is -0.413. The van der Waals surface area contributed by atoms with Crippen molar-refractivity contribution in [2.24, 2.45) is 0 Å². The number of ether oxygens (including phenoxy) is 1. The van der Waals surface area contributed by atoms with E-state index in [0.717, 1.165) is 12.1 Å². The molecule has 1 rings (SSSR count). The summed E-state index contributed by atoms with van der Waals surface area (Å²) in [5, 5.41) is 10.2. The zero-order chi connectivity index (χ0) is 13.1. The molecule has 0 bridgehead atoms. The summed E-state index contributed by atoms with van der Waals surface area (Å²) in [5.74, 6) is -1.88. The van der Waals surface area contributed by atoms with Gasteiger partial charge in [0.15, 0.2) is 11.6 Å². The summed E-state index contributed by atoms with van der Waals surface area (Å²) in [6, 6.07) is 3.39. The number of halogens is 2. The van der Waals surface area contributed by atoms with E-state index < -0.39 is 23.3 Å². The van der Waals surface area contributed by atoms with Gasteiger partial charge < -0.3 is 9.84 Å². The van der Waals surface area contributed by atoms with E-state index >= 15 is 0 Å². The van der Waals surface area contributed by atoms with Crippen molar-refractivity contribution in [2.45, 2.75) is 38.9 Å². The molecule has 0 aromatic heterocycles. The molecule has 2 nitrogen and oxygen atoms in total. The van der Waals surface area contributed by atoms with Gasteiger partial charge in [-0.1, -0.05) is 13.0 Å². The molecule has 0 fully saturated rings. The third kappa shape index (κ3) is 3.01. The highest BCUT2D eigenvalue weighted by molar-refractivity contribution is 5.22. The number of hydrogen-bond acceptors (Lipinski definition) is 2. The van der Waals surface area contributed by atoms with Crippen LogP contribution in [0.2, 0.25) is 0 Å². The molecule has 1 aromatic carbocycles. The Morgan fingerprint density at radius 3 is 2.41 bits per heavy atom. The molecule has 4 heteroatoms. The summed E-state index contributed by atoms with van der Waals surface area (Å²) in [4.78, 5) is 0. The lowest BCUT2D eigenvalue weighted by atomic mass is 9.90. The summed E-state index contributed by atoms with van der Waals surface area (Å²) in [6.45, 7) is 5.90. The number of hydrogen-bond donors (Lipinski definition) is 1. The Hall–Kier alpha value is -1.00. The van der Waals surface area contributed by atoms with Crippen molar-refractivity contribution in [3.05, 3.63) is 35.4 Å². The molecular formula is C13H18F2O2. The fourth-order valence-electron chi connectivity index (χ4n) is 1.74. The van der Waals surface area contributed by atoms with Crippen molar-refractivity contribution in [1.29, 1.82) is 0 Å². The lowest BCUT2D eigenvalue weighted by molar-refractivity contribution is -0.113. The average molecular weight is 244 g/mol. The number of benzene rings is 1. The first-order valence-electron chi connectivity index (χ1n) is 5.71.